The molecule has 1 heterocycles. The fraction of sp³-hybridized carbons (Fsp3) is 0.625. The smallest absolute Gasteiger partial charge is 0.179 e. The Morgan fingerprint density at radius 2 is 1.95 bits per heavy atom. The molecule has 1 aliphatic rings. The van der Waals surface area contributed by atoms with Crippen LogP contribution in [0.1, 0.15) is 24.8 Å². The van der Waals surface area contributed by atoms with E-state index in [-0.39, 0.29) is 0 Å². The third-order valence-electron chi connectivity index (χ3n) is 3.91. The maximum atomic E-state index is 6.36. The normalized spacial score (nSPS) is 15.4. The van der Waals surface area contributed by atoms with Crippen LogP contribution in [0.5, 0.6) is 11.5 Å². The molecule has 0 spiro atoms. The third-order valence-corrected chi connectivity index (χ3v) is 4.32. The molecule has 1 aromatic carbocycles. The maximum absolute atomic E-state index is 6.36. The lowest BCUT2D eigenvalue weighted by Gasteiger charge is -2.15. The Balaban J connectivity index is 1.77. The number of hydrogen-bond donors (Lipinski definition) is 1. The lowest BCUT2D eigenvalue weighted by Crippen LogP contribution is -2.24. The minimum Gasteiger partial charge on any atom is -0.493 e. The zero-order chi connectivity index (χ0) is 15.1. The molecule has 1 N–H and O–H groups in total. The van der Waals surface area contributed by atoms with Crippen molar-refractivity contribution in [2.75, 3.05) is 40.4 Å². The van der Waals surface area contributed by atoms with E-state index in [1.807, 2.05) is 12.1 Å². The Hall–Kier alpha value is -0.970. The van der Waals surface area contributed by atoms with Crippen molar-refractivity contribution in [1.29, 1.82) is 0 Å². The summed E-state index contributed by atoms with van der Waals surface area (Å²) in [4.78, 5) is 2.53. The number of benzene rings is 1. The molecule has 0 bridgehead atoms. The number of ether oxygens (including phenoxy) is 2. The minimum atomic E-state index is 0.607. The predicted molar refractivity (Wildman–Crippen MR) is 86.6 cm³/mol. The van der Waals surface area contributed by atoms with Crippen LogP contribution < -0.4 is 14.8 Å². The van der Waals surface area contributed by atoms with Gasteiger partial charge in [0.25, 0.3) is 0 Å². The van der Waals surface area contributed by atoms with Crippen LogP contribution in [0.15, 0.2) is 12.1 Å². The van der Waals surface area contributed by atoms with Gasteiger partial charge in [-0.3, -0.25) is 0 Å². The number of nitrogens with zero attached hydrogens (tertiary/aromatic N) is 1. The molecule has 4 nitrogen and oxygen atoms in total. The summed E-state index contributed by atoms with van der Waals surface area (Å²) in [5.41, 5.74) is 1.04. The van der Waals surface area contributed by atoms with Crippen molar-refractivity contribution in [2.45, 2.75) is 25.8 Å². The molecule has 1 aliphatic heterocycles. The van der Waals surface area contributed by atoms with Gasteiger partial charge in [-0.05, 0) is 57.1 Å². The van der Waals surface area contributed by atoms with Crippen molar-refractivity contribution in [2.24, 2.45) is 0 Å². The minimum absolute atomic E-state index is 0.607. The number of hydrogen-bond acceptors (Lipinski definition) is 4. The molecule has 0 aliphatic carbocycles. The van der Waals surface area contributed by atoms with Crippen LogP contribution in [0.3, 0.4) is 0 Å². The Morgan fingerprint density at radius 1 is 1.19 bits per heavy atom. The molecule has 0 atom stereocenters. The topological polar surface area (TPSA) is 33.7 Å². The van der Waals surface area contributed by atoms with Gasteiger partial charge >= 0.3 is 0 Å². The van der Waals surface area contributed by atoms with Gasteiger partial charge in [0.05, 0.1) is 19.2 Å². The van der Waals surface area contributed by atoms with E-state index in [1.165, 1.54) is 38.9 Å². The quantitative estimate of drug-likeness (QED) is 0.748. The fourth-order valence-electron chi connectivity index (χ4n) is 2.72. The van der Waals surface area contributed by atoms with Crippen LogP contribution in [-0.4, -0.2) is 45.3 Å². The molecular weight excluding hydrogens is 288 g/mol. The lowest BCUT2D eigenvalue weighted by atomic mass is 10.2. The van der Waals surface area contributed by atoms with Crippen molar-refractivity contribution >= 4 is 11.6 Å². The summed E-state index contributed by atoms with van der Waals surface area (Å²) < 4.78 is 10.5. The summed E-state index contributed by atoms with van der Waals surface area (Å²) in [5, 5.41) is 4.08. The van der Waals surface area contributed by atoms with Crippen molar-refractivity contribution in [3.05, 3.63) is 22.7 Å². The molecule has 1 saturated heterocycles. The van der Waals surface area contributed by atoms with Gasteiger partial charge < -0.3 is 19.7 Å². The van der Waals surface area contributed by atoms with Crippen molar-refractivity contribution in [3.63, 3.8) is 0 Å². The van der Waals surface area contributed by atoms with Crippen molar-refractivity contribution < 1.29 is 9.47 Å². The predicted octanol–water partition coefficient (Wildman–Crippen LogP) is 2.93. The molecular formula is C16H25ClN2O2. The standard InChI is InChI=1S/C16H25ClN2O2/c1-20-14-7-6-13(15(17)16(14)21-2)12-18-8-5-11-19-9-3-4-10-19/h6-7,18H,3-5,8-12H2,1-2H3. The third kappa shape index (κ3) is 4.50. The zero-order valence-electron chi connectivity index (χ0n) is 13.0. The van der Waals surface area contributed by atoms with Gasteiger partial charge in [-0.2, -0.15) is 0 Å². The molecule has 0 saturated carbocycles. The molecule has 0 unspecified atom stereocenters. The highest BCUT2D eigenvalue weighted by Crippen LogP contribution is 2.37. The molecule has 0 amide bonds. The van der Waals surface area contributed by atoms with Crippen LogP contribution in [0.25, 0.3) is 0 Å². The SMILES string of the molecule is COc1ccc(CNCCCN2CCCC2)c(Cl)c1OC. The molecule has 2 rings (SSSR count). The Bertz CT molecular complexity index is 448. The first-order valence-electron chi connectivity index (χ1n) is 7.58. The van der Waals surface area contributed by atoms with Crippen LogP contribution in [0.2, 0.25) is 5.02 Å². The molecule has 21 heavy (non-hydrogen) atoms. The molecule has 1 aromatic rings. The summed E-state index contributed by atoms with van der Waals surface area (Å²) in [5.74, 6) is 1.27. The van der Waals surface area contributed by atoms with E-state index in [9.17, 15) is 0 Å². The fourth-order valence-corrected chi connectivity index (χ4v) is 3.02. The second-order valence-corrected chi connectivity index (χ2v) is 5.73. The van der Waals surface area contributed by atoms with E-state index in [1.54, 1.807) is 14.2 Å². The first kappa shape index (κ1) is 16.4. The second kappa shape index (κ2) is 8.47. The van der Waals surface area contributed by atoms with E-state index < -0.39 is 0 Å². The Morgan fingerprint density at radius 3 is 2.62 bits per heavy atom. The number of halogens is 1. The van der Waals surface area contributed by atoms with E-state index in [4.69, 9.17) is 21.1 Å². The highest BCUT2D eigenvalue weighted by atomic mass is 35.5. The van der Waals surface area contributed by atoms with Gasteiger partial charge in [-0.15, -0.1) is 0 Å². The van der Waals surface area contributed by atoms with Crippen LogP contribution in [0.4, 0.5) is 0 Å². The van der Waals surface area contributed by atoms with E-state index in [0.29, 0.717) is 16.5 Å². The number of nitrogens with one attached hydrogen (secondary N) is 1. The van der Waals surface area contributed by atoms with Crippen LogP contribution >= 0.6 is 11.6 Å². The van der Waals surface area contributed by atoms with Gasteiger partial charge in [0.1, 0.15) is 0 Å². The van der Waals surface area contributed by atoms with Crippen molar-refractivity contribution in [1.82, 2.24) is 10.2 Å². The molecule has 5 heteroatoms. The summed E-state index contributed by atoms with van der Waals surface area (Å²) in [6.07, 6.45) is 3.88. The van der Waals surface area contributed by atoms with E-state index in [0.717, 1.165) is 18.7 Å². The molecule has 118 valence electrons. The monoisotopic (exact) mass is 312 g/mol. The van der Waals surface area contributed by atoms with Crippen molar-refractivity contribution in [3.8, 4) is 11.5 Å². The number of methoxy groups -OCH3 is 2. The average Bonchev–Trinajstić information content (AvgIpc) is 3.01. The van der Waals surface area contributed by atoms with Gasteiger partial charge in [0.2, 0.25) is 0 Å². The Kier molecular flexibility index (Phi) is 6.61. The van der Waals surface area contributed by atoms with Crippen LogP contribution in [-0.2, 0) is 6.54 Å². The molecule has 1 fully saturated rings. The second-order valence-electron chi connectivity index (χ2n) is 5.35. The zero-order valence-corrected chi connectivity index (χ0v) is 13.7. The van der Waals surface area contributed by atoms with Gasteiger partial charge in [-0.1, -0.05) is 17.7 Å². The summed E-state index contributed by atoms with van der Waals surface area (Å²) in [6, 6.07) is 3.88. The summed E-state index contributed by atoms with van der Waals surface area (Å²) in [7, 11) is 3.22. The Labute approximate surface area is 132 Å². The largest absolute Gasteiger partial charge is 0.493 e. The van der Waals surface area contributed by atoms with Gasteiger partial charge in [0.15, 0.2) is 11.5 Å². The highest BCUT2D eigenvalue weighted by molar-refractivity contribution is 6.33. The van der Waals surface area contributed by atoms with Gasteiger partial charge in [0, 0.05) is 6.54 Å². The highest BCUT2D eigenvalue weighted by Gasteiger charge is 2.13. The van der Waals surface area contributed by atoms with Gasteiger partial charge in [-0.25, -0.2) is 0 Å². The first-order valence-corrected chi connectivity index (χ1v) is 7.96. The van der Waals surface area contributed by atoms with E-state index >= 15 is 0 Å². The maximum Gasteiger partial charge on any atom is 0.179 e. The van der Waals surface area contributed by atoms with E-state index in [2.05, 4.69) is 10.2 Å². The average molecular weight is 313 g/mol. The number of likely N-dealkylation sites (tertiary alicyclic amines) is 1. The summed E-state index contributed by atoms with van der Waals surface area (Å²) in [6.45, 7) is 5.47. The molecule has 0 radical (unpaired) electrons. The number of rotatable bonds is 8. The lowest BCUT2D eigenvalue weighted by molar-refractivity contribution is 0.331. The van der Waals surface area contributed by atoms with Crippen LogP contribution in [0, 0.1) is 0 Å². The summed E-state index contributed by atoms with van der Waals surface area (Å²) >= 11 is 6.36. The first-order chi connectivity index (χ1) is 10.3. The molecule has 0 aromatic heterocycles.